The van der Waals surface area contributed by atoms with E-state index < -0.39 is 0 Å². The second-order valence-corrected chi connectivity index (χ2v) is 4.56. The summed E-state index contributed by atoms with van der Waals surface area (Å²) in [6.45, 7) is 3.94. The molecule has 0 atom stereocenters. The van der Waals surface area contributed by atoms with Gasteiger partial charge in [0.1, 0.15) is 5.75 Å². The van der Waals surface area contributed by atoms with Gasteiger partial charge in [-0.2, -0.15) is 5.10 Å². The molecular formula is C16H17N3O2. The van der Waals surface area contributed by atoms with E-state index in [0.29, 0.717) is 5.56 Å². The average Bonchev–Trinajstić information content (AvgIpc) is 2.51. The van der Waals surface area contributed by atoms with Gasteiger partial charge in [0.25, 0.3) is 5.91 Å². The van der Waals surface area contributed by atoms with E-state index in [1.165, 1.54) is 0 Å². The van der Waals surface area contributed by atoms with Crippen LogP contribution in [-0.2, 0) is 0 Å². The van der Waals surface area contributed by atoms with Gasteiger partial charge in [0.15, 0.2) is 0 Å². The van der Waals surface area contributed by atoms with E-state index in [0.717, 1.165) is 22.4 Å². The number of aromatic nitrogens is 1. The van der Waals surface area contributed by atoms with Gasteiger partial charge in [-0.3, -0.25) is 9.78 Å². The summed E-state index contributed by atoms with van der Waals surface area (Å²) in [5.74, 6) is 0.560. The maximum atomic E-state index is 11.8. The molecule has 0 aliphatic carbocycles. The molecule has 0 unspecified atom stereocenters. The number of amides is 1. The fraction of sp³-hybridized carbons (Fsp3) is 0.188. The molecule has 108 valence electrons. The quantitative estimate of drug-likeness (QED) is 0.692. The van der Waals surface area contributed by atoms with E-state index in [-0.39, 0.29) is 5.91 Å². The summed E-state index contributed by atoms with van der Waals surface area (Å²) in [7, 11) is 1.64. The van der Waals surface area contributed by atoms with E-state index in [4.69, 9.17) is 4.74 Å². The van der Waals surface area contributed by atoms with Crippen molar-refractivity contribution in [2.45, 2.75) is 13.8 Å². The lowest BCUT2D eigenvalue weighted by molar-refractivity contribution is 0.0955. The predicted octanol–water partition coefficient (Wildman–Crippen LogP) is 2.47. The standard InChI is InChI=1S/C16H17N3O2/c1-11-4-5-14(12(2)15(11)21-3)10-18-19-16(20)13-6-8-17-9-7-13/h4-10H,1-3H3,(H,19,20)/b18-10+. The Bertz CT molecular complexity index is 667. The summed E-state index contributed by atoms with van der Waals surface area (Å²) in [5.41, 5.74) is 5.95. The third-order valence-electron chi connectivity index (χ3n) is 3.16. The molecule has 2 aromatic rings. The van der Waals surface area contributed by atoms with Crippen LogP contribution in [0.1, 0.15) is 27.0 Å². The van der Waals surface area contributed by atoms with Crippen molar-refractivity contribution in [3.05, 3.63) is 58.9 Å². The molecule has 1 amide bonds. The summed E-state index contributed by atoms with van der Waals surface area (Å²) in [5, 5.41) is 3.98. The van der Waals surface area contributed by atoms with Crippen LogP contribution in [0.5, 0.6) is 5.75 Å². The van der Waals surface area contributed by atoms with Crippen LogP contribution in [-0.4, -0.2) is 24.2 Å². The minimum absolute atomic E-state index is 0.273. The molecule has 0 aliphatic rings. The molecule has 0 saturated heterocycles. The number of hydrazone groups is 1. The van der Waals surface area contributed by atoms with E-state index in [1.54, 1.807) is 37.9 Å². The van der Waals surface area contributed by atoms with Crippen LogP contribution in [0.2, 0.25) is 0 Å². The van der Waals surface area contributed by atoms with Gasteiger partial charge in [0, 0.05) is 29.1 Å². The lowest BCUT2D eigenvalue weighted by Crippen LogP contribution is -2.17. The van der Waals surface area contributed by atoms with Gasteiger partial charge in [-0.25, -0.2) is 5.43 Å². The molecule has 1 aromatic heterocycles. The number of nitrogens with zero attached hydrogens (tertiary/aromatic N) is 2. The van der Waals surface area contributed by atoms with Crippen LogP contribution in [0.15, 0.2) is 41.8 Å². The molecule has 2 rings (SSSR count). The molecule has 21 heavy (non-hydrogen) atoms. The topological polar surface area (TPSA) is 63.6 Å². The highest BCUT2D eigenvalue weighted by Gasteiger charge is 2.06. The number of benzene rings is 1. The maximum absolute atomic E-state index is 11.8. The Hall–Kier alpha value is -2.69. The van der Waals surface area contributed by atoms with Crippen molar-refractivity contribution in [2.24, 2.45) is 5.10 Å². The first kappa shape index (κ1) is 14.7. The SMILES string of the molecule is COc1c(C)ccc(/C=N/NC(=O)c2ccncc2)c1C. The minimum atomic E-state index is -0.273. The minimum Gasteiger partial charge on any atom is -0.496 e. The molecule has 0 fully saturated rings. The predicted molar refractivity (Wildman–Crippen MR) is 81.8 cm³/mol. The van der Waals surface area contributed by atoms with E-state index in [9.17, 15) is 4.79 Å². The van der Waals surface area contributed by atoms with Gasteiger partial charge >= 0.3 is 0 Å². The first-order valence-corrected chi connectivity index (χ1v) is 6.51. The fourth-order valence-corrected chi connectivity index (χ4v) is 2.02. The zero-order valence-electron chi connectivity index (χ0n) is 12.3. The summed E-state index contributed by atoms with van der Waals surface area (Å²) >= 11 is 0. The van der Waals surface area contributed by atoms with Crippen LogP contribution in [0.3, 0.4) is 0 Å². The lowest BCUT2D eigenvalue weighted by Gasteiger charge is -2.10. The molecule has 1 heterocycles. The second kappa shape index (κ2) is 6.65. The lowest BCUT2D eigenvalue weighted by atomic mass is 10.0. The largest absolute Gasteiger partial charge is 0.496 e. The average molecular weight is 283 g/mol. The Morgan fingerprint density at radius 1 is 1.24 bits per heavy atom. The van der Waals surface area contributed by atoms with Crippen molar-refractivity contribution in [2.75, 3.05) is 7.11 Å². The highest BCUT2D eigenvalue weighted by Crippen LogP contribution is 2.24. The first-order chi connectivity index (χ1) is 10.1. The van der Waals surface area contributed by atoms with Crippen molar-refractivity contribution in [3.8, 4) is 5.75 Å². The maximum Gasteiger partial charge on any atom is 0.271 e. The molecule has 0 bridgehead atoms. The number of nitrogens with one attached hydrogen (secondary N) is 1. The Morgan fingerprint density at radius 2 is 1.95 bits per heavy atom. The van der Waals surface area contributed by atoms with Crippen LogP contribution >= 0.6 is 0 Å². The third-order valence-corrected chi connectivity index (χ3v) is 3.16. The number of methoxy groups -OCH3 is 1. The van der Waals surface area contributed by atoms with Crippen molar-refractivity contribution in [1.82, 2.24) is 10.4 Å². The summed E-state index contributed by atoms with van der Waals surface area (Å²) in [6, 6.07) is 7.16. The highest BCUT2D eigenvalue weighted by atomic mass is 16.5. The normalized spacial score (nSPS) is 10.6. The Labute approximate surface area is 123 Å². The van der Waals surface area contributed by atoms with E-state index in [1.807, 2.05) is 26.0 Å². The van der Waals surface area contributed by atoms with Crippen molar-refractivity contribution >= 4 is 12.1 Å². The first-order valence-electron chi connectivity index (χ1n) is 6.51. The van der Waals surface area contributed by atoms with Gasteiger partial charge in [0.05, 0.1) is 13.3 Å². The number of carbonyl (C=O) groups excluding carboxylic acids is 1. The van der Waals surface area contributed by atoms with Crippen LogP contribution in [0, 0.1) is 13.8 Å². The number of pyridine rings is 1. The Kier molecular flexibility index (Phi) is 4.66. The number of hydrogen-bond donors (Lipinski definition) is 1. The Morgan fingerprint density at radius 3 is 2.62 bits per heavy atom. The third kappa shape index (κ3) is 3.45. The second-order valence-electron chi connectivity index (χ2n) is 4.56. The van der Waals surface area contributed by atoms with Crippen LogP contribution in [0.4, 0.5) is 0 Å². The summed E-state index contributed by atoms with van der Waals surface area (Å²) in [4.78, 5) is 15.7. The number of hydrogen-bond acceptors (Lipinski definition) is 4. The molecule has 5 heteroatoms. The van der Waals surface area contributed by atoms with E-state index in [2.05, 4.69) is 15.5 Å². The van der Waals surface area contributed by atoms with Gasteiger partial charge in [-0.15, -0.1) is 0 Å². The molecule has 0 spiro atoms. The van der Waals surface area contributed by atoms with Crippen LogP contribution < -0.4 is 10.2 Å². The molecule has 0 radical (unpaired) electrons. The number of rotatable bonds is 4. The summed E-state index contributed by atoms with van der Waals surface area (Å²) < 4.78 is 5.36. The fourth-order valence-electron chi connectivity index (χ4n) is 2.02. The van der Waals surface area contributed by atoms with Crippen molar-refractivity contribution in [3.63, 3.8) is 0 Å². The number of ether oxygens (including phenoxy) is 1. The van der Waals surface area contributed by atoms with Gasteiger partial charge in [-0.1, -0.05) is 12.1 Å². The highest BCUT2D eigenvalue weighted by molar-refractivity contribution is 5.94. The van der Waals surface area contributed by atoms with Gasteiger partial charge in [0.2, 0.25) is 0 Å². The molecule has 0 saturated carbocycles. The Balaban J connectivity index is 2.10. The molecule has 5 nitrogen and oxygen atoms in total. The zero-order valence-corrected chi connectivity index (χ0v) is 12.3. The van der Waals surface area contributed by atoms with Crippen LogP contribution in [0.25, 0.3) is 0 Å². The molecular weight excluding hydrogens is 266 g/mol. The van der Waals surface area contributed by atoms with Crippen molar-refractivity contribution in [1.29, 1.82) is 0 Å². The van der Waals surface area contributed by atoms with E-state index >= 15 is 0 Å². The smallest absolute Gasteiger partial charge is 0.271 e. The van der Waals surface area contributed by atoms with Gasteiger partial charge < -0.3 is 4.74 Å². The molecule has 1 aromatic carbocycles. The zero-order chi connectivity index (χ0) is 15.2. The van der Waals surface area contributed by atoms with Gasteiger partial charge in [-0.05, 0) is 31.5 Å². The number of aryl methyl sites for hydroxylation is 1. The molecule has 0 aliphatic heterocycles. The van der Waals surface area contributed by atoms with Crippen molar-refractivity contribution < 1.29 is 9.53 Å². The number of carbonyl (C=O) groups is 1. The molecule has 1 N–H and O–H groups in total. The monoisotopic (exact) mass is 283 g/mol. The summed E-state index contributed by atoms with van der Waals surface area (Å²) in [6.07, 6.45) is 4.73.